The van der Waals surface area contributed by atoms with Crippen LogP contribution in [0.5, 0.6) is 5.75 Å². The molecule has 116 valence electrons. The summed E-state index contributed by atoms with van der Waals surface area (Å²) in [6.07, 6.45) is 2.30. The second-order valence-electron chi connectivity index (χ2n) is 5.73. The van der Waals surface area contributed by atoms with Crippen LogP contribution < -0.4 is 4.74 Å². The minimum Gasteiger partial charge on any atom is -0.492 e. The van der Waals surface area contributed by atoms with E-state index in [9.17, 15) is 0 Å². The van der Waals surface area contributed by atoms with Crippen LogP contribution in [0.1, 0.15) is 13.8 Å². The third kappa shape index (κ3) is 6.08. The Bertz CT molecular complexity index is 446. The molecular formula is C17H25ClN2O. The Morgan fingerprint density at radius 3 is 2.33 bits per heavy atom. The Morgan fingerprint density at radius 1 is 1.10 bits per heavy atom. The summed E-state index contributed by atoms with van der Waals surface area (Å²) in [5.41, 5.74) is 1.40. The molecule has 4 heteroatoms. The molecule has 0 amide bonds. The molecule has 0 unspecified atom stereocenters. The number of ether oxygens (including phenoxy) is 1. The lowest BCUT2D eigenvalue weighted by Gasteiger charge is -2.34. The number of benzene rings is 1. The van der Waals surface area contributed by atoms with Gasteiger partial charge >= 0.3 is 0 Å². The van der Waals surface area contributed by atoms with Crippen LogP contribution in [0.25, 0.3) is 0 Å². The second kappa shape index (κ2) is 8.42. The first-order valence-electron chi connectivity index (χ1n) is 7.60. The highest BCUT2D eigenvalue weighted by Gasteiger charge is 2.15. The van der Waals surface area contributed by atoms with E-state index in [0.717, 1.165) is 56.6 Å². The lowest BCUT2D eigenvalue weighted by atomic mass is 10.2. The maximum absolute atomic E-state index is 5.85. The van der Waals surface area contributed by atoms with Gasteiger partial charge in [-0.2, -0.15) is 0 Å². The standard InChI is InChI=1S/C17H25ClN2O/c1-15(2)7-8-19-9-11-20(12-10-19)13-14-21-17-5-3-16(18)4-6-17/h3-7H,8-14H2,1-2H3. The van der Waals surface area contributed by atoms with Gasteiger partial charge in [-0.05, 0) is 38.1 Å². The molecular weight excluding hydrogens is 284 g/mol. The van der Waals surface area contributed by atoms with Crippen LogP contribution in [0, 0.1) is 0 Å². The van der Waals surface area contributed by atoms with Crippen LogP contribution in [0.15, 0.2) is 35.9 Å². The number of nitrogens with zero attached hydrogens (tertiary/aromatic N) is 2. The van der Waals surface area contributed by atoms with Gasteiger partial charge in [0.25, 0.3) is 0 Å². The summed E-state index contributed by atoms with van der Waals surface area (Å²) in [5.74, 6) is 0.890. The molecule has 1 fully saturated rings. The van der Waals surface area contributed by atoms with Crippen LogP contribution >= 0.6 is 11.6 Å². The van der Waals surface area contributed by atoms with Gasteiger partial charge in [0.2, 0.25) is 0 Å². The van der Waals surface area contributed by atoms with Gasteiger partial charge in [-0.1, -0.05) is 23.3 Å². The zero-order valence-electron chi connectivity index (χ0n) is 13.0. The molecule has 0 aliphatic carbocycles. The summed E-state index contributed by atoms with van der Waals surface area (Å²) in [4.78, 5) is 4.97. The number of piperazine rings is 1. The summed E-state index contributed by atoms with van der Waals surface area (Å²) in [6.45, 7) is 11.7. The zero-order chi connectivity index (χ0) is 15.1. The average molecular weight is 309 g/mol. The Hall–Kier alpha value is -1.03. The number of hydrogen-bond acceptors (Lipinski definition) is 3. The largest absolute Gasteiger partial charge is 0.492 e. The summed E-state index contributed by atoms with van der Waals surface area (Å²) in [6, 6.07) is 7.55. The van der Waals surface area contributed by atoms with Crippen molar-refractivity contribution in [3.8, 4) is 5.75 Å². The molecule has 0 N–H and O–H groups in total. The topological polar surface area (TPSA) is 15.7 Å². The van der Waals surface area contributed by atoms with Crippen LogP contribution in [0.2, 0.25) is 5.02 Å². The Balaban J connectivity index is 1.62. The monoisotopic (exact) mass is 308 g/mol. The van der Waals surface area contributed by atoms with Gasteiger partial charge in [-0.3, -0.25) is 9.80 Å². The molecule has 0 bridgehead atoms. The Morgan fingerprint density at radius 2 is 1.71 bits per heavy atom. The van der Waals surface area contributed by atoms with E-state index in [4.69, 9.17) is 16.3 Å². The van der Waals surface area contributed by atoms with Crippen molar-refractivity contribution < 1.29 is 4.74 Å². The van der Waals surface area contributed by atoms with Crippen LogP contribution in [0.4, 0.5) is 0 Å². The molecule has 0 saturated carbocycles. The van der Waals surface area contributed by atoms with Crippen molar-refractivity contribution in [2.75, 3.05) is 45.9 Å². The first-order chi connectivity index (χ1) is 10.1. The van der Waals surface area contributed by atoms with E-state index >= 15 is 0 Å². The quantitative estimate of drug-likeness (QED) is 0.750. The molecule has 21 heavy (non-hydrogen) atoms. The highest BCUT2D eigenvalue weighted by molar-refractivity contribution is 6.30. The van der Waals surface area contributed by atoms with Crippen molar-refractivity contribution in [1.29, 1.82) is 0 Å². The van der Waals surface area contributed by atoms with Gasteiger partial charge in [0.1, 0.15) is 12.4 Å². The van der Waals surface area contributed by atoms with Crippen molar-refractivity contribution >= 4 is 11.6 Å². The summed E-state index contributed by atoms with van der Waals surface area (Å²) in [5, 5.41) is 0.745. The second-order valence-corrected chi connectivity index (χ2v) is 6.16. The smallest absolute Gasteiger partial charge is 0.119 e. The molecule has 3 nitrogen and oxygen atoms in total. The molecule has 2 rings (SSSR count). The molecule has 0 aromatic heterocycles. The van der Waals surface area contributed by atoms with Crippen LogP contribution in [-0.2, 0) is 0 Å². The van der Waals surface area contributed by atoms with Gasteiger partial charge in [0, 0.05) is 44.3 Å². The van der Waals surface area contributed by atoms with E-state index in [1.54, 1.807) is 0 Å². The van der Waals surface area contributed by atoms with Crippen LogP contribution in [-0.4, -0.2) is 55.7 Å². The third-order valence-corrected chi connectivity index (χ3v) is 3.96. The molecule has 1 aliphatic heterocycles. The molecule has 1 saturated heterocycles. The maximum Gasteiger partial charge on any atom is 0.119 e. The maximum atomic E-state index is 5.85. The van der Waals surface area contributed by atoms with Gasteiger partial charge in [0.15, 0.2) is 0 Å². The highest BCUT2D eigenvalue weighted by Crippen LogP contribution is 2.15. The minimum atomic E-state index is 0.732. The fraction of sp³-hybridized carbons (Fsp3) is 0.529. The van der Waals surface area contributed by atoms with Crippen molar-refractivity contribution in [2.24, 2.45) is 0 Å². The van der Waals surface area contributed by atoms with E-state index in [1.165, 1.54) is 5.57 Å². The van der Waals surface area contributed by atoms with Gasteiger partial charge < -0.3 is 4.74 Å². The van der Waals surface area contributed by atoms with Crippen molar-refractivity contribution in [2.45, 2.75) is 13.8 Å². The molecule has 0 radical (unpaired) electrons. The lowest BCUT2D eigenvalue weighted by Crippen LogP contribution is -2.47. The SMILES string of the molecule is CC(C)=CCN1CCN(CCOc2ccc(Cl)cc2)CC1. The molecule has 1 heterocycles. The van der Waals surface area contributed by atoms with E-state index in [-0.39, 0.29) is 0 Å². The van der Waals surface area contributed by atoms with Crippen LogP contribution in [0.3, 0.4) is 0 Å². The fourth-order valence-corrected chi connectivity index (χ4v) is 2.46. The third-order valence-electron chi connectivity index (χ3n) is 3.71. The lowest BCUT2D eigenvalue weighted by molar-refractivity contribution is 0.125. The predicted octanol–water partition coefficient (Wildman–Crippen LogP) is 3.30. The molecule has 0 atom stereocenters. The van der Waals surface area contributed by atoms with Gasteiger partial charge in [-0.25, -0.2) is 0 Å². The summed E-state index contributed by atoms with van der Waals surface area (Å²) >= 11 is 5.85. The minimum absolute atomic E-state index is 0.732. The van der Waals surface area contributed by atoms with E-state index < -0.39 is 0 Å². The fourth-order valence-electron chi connectivity index (χ4n) is 2.33. The van der Waals surface area contributed by atoms with Crippen molar-refractivity contribution in [1.82, 2.24) is 9.80 Å². The van der Waals surface area contributed by atoms with E-state index in [0.29, 0.717) is 0 Å². The number of allylic oxidation sites excluding steroid dienone is 1. The first-order valence-corrected chi connectivity index (χ1v) is 7.98. The zero-order valence-corrected chi connectivity index (χ0v) is 13.8. The first kappa shape index (κ1) is 16.3. The predicted molar refractivity (Wildman–Crippen MR) is 89.3 cm³/mol. The van der Waals surface area contributed by atoms with Gasteiger partial charge in [0.05, 0.1) is 0 Å². The normalized spacial score (nSPS) is 16.7. The Kier molecular flexibility index (Phi) is 6.55. The molecule has 1 aliphatic rings. The van der Waals surface area contributed by atoms with E-state index in [1.807, 2.05) is 24.3 Å². The molecule has 1 aromatic rings. The Labute approximate surface area is 133 Å². The number of halogens is 1. The number of hydrogen-bond donors (Lipinski definition) is 0. The number of rotatable bonds is 6. The van der Waals surface area contributed by atoms with E-state index in [2.05, 4.69) is 29.7 Å². The van der Waals surface area contributed by atoms with Crippen molar-refractivity contribution in [3.05, 3.63) is 40.9 Å². The highest BCUT2D eigenvalue weighted by atomic mass is 35.5. The molecule has 0 spiro atoms. The molecule has 1 aromatic carbocycles. The average Bonchev–Trinajstić information content (AvgIpc) is 2.48. The van der Waals surface area contributed by atoms with Gasteiger partial charge in [-0.15, -0.1) is 0 Å². The van der Waals surface area contributed by atoms with Crippen molar-refractivity contribution in [3.63, 3.8) is 0 Å². The summed E-state index contributed by atoms with van der Waals surface area (Å²) < 4.78 is 5.75. The summed E-state index contributed by atoms with van der Waals surface area (Å²) in [7, 11) is 0.